The van der Waals surface area contributed by atoms with Crippen molar-refractivity contribution in [2.24, 2.45) is 0 Å². The molecule has 3 aromatic carbocycles. The lowest BCUT2D eigenvalue weighted by atomic mass is 9.91. The Balaban J connectivity index is 2.06. The predicted molar refractivity (Wildman–Crippen MR) is 123 cm³/mol. The molecule has 0 heterocycles. The number of aliphatic hydroxyl groups excluding tert-OH is 5. The Kier molecular flexibility index (Phi) is 7.80. The first-order chi connectivity index (χ1) is 15.5. The minimum atomic E-state index is -0.262. The van der Waals surface area contributed by atoms with Crippen LogP contribution in [-0.4, -0.2) is 32.6 Å². The lowest BCUT2D eigenvalue weighted by Crippen LogP contribution is -2.02. The zero-order chi connectivity index (χ0) is 23.3. The molecule has 0 unspecified atom stereocenters. The molecule has 0 saturated carbocycles. The van der Waals surface area contributed by atoms with Crippen molar-refractivity contribution in [3.05, 3.63) is 94.1 Å². The van der Waals surface area contributed by atoms with E-state index in [1.807, 2.05) is 24.3 Å². The fourth-order valence-electron chi connectivity index (χ4n) is 3.88. The van der Waals surface area contributed by atoms with Gasteiger partial charge in [-0.1, -0.05) is 24.8 Å². The van der Waals surface area contributed by atoms with Crippen LogP contribution in [0.3, 0.4) is 0 Å². The van der Waals surface area contributed by atoms with Crippen LogP contribution in [0, 0.1) is 0 Å². The molecule has 0 atom stereocenters. The average Bonchev–Trinajstić information content (AvgIpc) is 2.86. The van der Waals surface area contributed by atoms with Crippen molar-refractivity contribution in [3.8, 4) is 16.9 Å². The molecule has 0 amide bonds. The second kappa shape index (κ2) is 10.5. The van der Waals surface area contributed by atoms with Crippen LogP contribution >= 0.6 is 0 Å². The molecule has 3 aromatic rings. The van der Waals surface area contributed by atoms with Gasteiger partial charge in [0, 0.05) is 5.56 Å². The average molecular weight is 437 g/mol. The van der Waals surface area contributed by atoms with E-state index in [0.29, 0.717) is 39.1 Å². The summed E-state index contributed by atoms with van der Waals surface area (Å²) in [5, 5.41) is 48.4. The van der Waals surface area contributed by atoms with Gasteiger partial charge in [-0.2, -0.15) is 0 Å². The number of hydrogen-bond donors (Lipinski definition) is 5. The highest BCUT2D eigenvalue weighted by atomic mass is 16.5. The molecule has 168 valence electrons. The van der Waals surface area contributed by atoms with E-state index in [1.165, 1.54) is 7.11 Å². The Morgan fingerprint density at radius 2 is 1.28 bits per heavy atom. The predicted octanol–water partition coefficient (Wildman–Crippen LogP) is 2.89. The Hall–Kier alpha value is -3.00. The third-order valence-electron chi connectivity index (χ3n) is 5.68. The van der Waals surface area contributed by atoms with E-state index < -0.39 is 0 Å². The number of benzene rings is 3. The van der Waals surface area contributed by atoms with Gasteiger partial charge in [0.15, 0.2) is 0 Å². The summed E-state index contributed by atoms with van der Waals surface area (Å²) in [6.45, 7) is 2.98. The molecule has 0 aliphatic heterocycles. The van der Waals surface area contributed by atoms with Crippen molar-refractivity contribution in [1.29, 1.82) is 0 Å². The SMILES string of the molecule is C=C(c1cccc(-c2cc(CO)c(CO)c(CO)c2)c1)c1cc(CO)c(CO)c(OC)c1. The van der Waals surface area contributed by atoms with Gasteiger partial charge in [0.1, 0.15) is 5.75 Å². The standard InChI is InChI=1S/C26H28O6/c1-16(19-7-23(13-29)25(15-31)26(10-19)32-2)17-4-3-5-18(6-17)20-8-21(11-27)24(14-30)22(9-20)12-28/h3-10,27-31H,1,11-15H2,2H3. The molecule has 0 aromatic heterocycles. The summed E-state index contributed by atoms with van der Waals surface area (Å²) in [5.41, 5.74) is 6.73. The van der Waals surface area contributed by atoms with E-state index in [-0.39, 0.29) is 33.0 Å². The van der Waals surface area contributed by atoms with E-state index in [9.17, 15) is 25.5 Å². The second-order valence-electron chi connectivity index (χ2n) is 7.44. The molecule has 5 N–H and O–H groups in total. The monoisotopic (exact) mass is 436 g/mol. The van der Waals surface area contributed by atoms with E-state index >= 15 is 0 Å². The van der Waals surface area contributed by atoms with Crippen LogP contribution in [0.25, 0.3) is 16.7 Å². The van der Waals surface area contributed by atoms with Crippen molar-refractivity contribution in [1.82, 2.24) is 0 Å². The molecule has 0 spiro atoms. The van der Waals surface area contributed by atoms with Crippen molar-refractivity contribution in [3.63, 3.8) is 0 Å². The van der Waals surface area contributed by atoms with Crippen LogP contribution in [-0.2, 0) is 33.0 Å². The molecular formula is C26H28O6. The van der Waals surface area contributed by atoms with Crippen LogP contribution in [0.4, 0.5) is 0 Å². The molecule has 0 bridgehead atoms. The highest BCUT2D eigenvalue weighted by Gasteiger charge is 2.15. The number of methoxy groups -OCH3 is 1. The maximum Gasteiger partial charge on any atom is 0.125 e. The number of ether oxygens (including phenoxy) is 1. The van der Waals surface area contributed by atoms with E-state index in [0.717, 1.165) is 22.3 Å². The largest absolute Gasteiger partial charge is 0.496 e. The van der Waals surface area contributed by atoms with Gasteiger partial charge in [0.2, 0.25) is 0 Å². The number of hydrogen-bond acceptors (Lipinski definition) is 6. The number of rotatable bonds is 9. The quantitative estimate of drug-likeness (QED) is 0.353. The van der Waals surface area contributed by atoms with Gasteiger partial charge in [-0.25, -0.2) is 0 Å². The Morgan fingerprint density at radius 1 is 0.688 bits per heavy atom. The molecule has 0 radical (unpaired) electrons. The zero-order valence-electron chi connectivity index (χ0n) is 18.0. The molecule has 3 rings (SSSR count). The highest BCUT2D eigenvalue weighted by Crippen LogP contribution is 2.33. The highest BCUT2D eigenvalue weighted by molar-refractivity contribution is 5.82. The smallest absolute Gasteiger partial charge is 0.125 e. The molecule has 32 heavy (non-hydrogen) atoms. The molecule has 0 aliphatic carbocycles. The first-order valence-electron chi connectivity index (χ1n) is 10.2. The third-order valence-corrected chi connectivity index (χ3v) is 5.68. The summed E-state index contributed by atoms with van der Waals surface area (Å²) in [6, 6.07) is 14.8. The van der Waals surface area contributed by atoms with Crippen LogP contribution in [0.2, 0.25) is 0 Å². The fourth-order valence-corrected chi connectivity index (χ4v) is 3.88. The zero-order valence-corrected chi connectivity index (χ0v) is 18.0. The van der Waals surface area contributed by atoms with E-state index in [2.05, 4.69) is 6.58 Å². The maximum absolute atomic E-state index is 9.73. The van der Waals surface area contributed by atoms with Gasteiger partial charge in [-0.05, 0) is 80.4 Å². The Morgan fingerprint density at radius 3 is 1.81 bits per heavy atom. The molecule has 0 fully saturated rings. The first-order valence-corrected chi connectivity index (χ1v) is 10.2. The van der Waals surface area contributed by atoms with Crippen molar-refractivity contribution < 1.29 is 30.3 Å². The third kappa shape index (κ3) is 4.60. The second-order valence-corrected chi connectivity index (χ2v) is 7.44. The van der Waals surface area contributed by atoms with E-state index in [4.69, 9.17) is 4.74 Å². The summed E-state index contributed by atoms with van der Waals surface area (Å²) in [5.74, 6) is 0.478. The Labute approximate surface area is 187 Å². The summed E-state index contributed by atoms with van der Waals surface area (Å²) < 4.78 is 5.39. The Bertz CT molecular complexity index is 1070. The molecule has 0 saturated heterocycles. The van der Waals surface area contributed by atoms with Crippen molar-refractivity contribution in [2.75, 3.05) is 7.11 Å². The summed E-state index contributed by atoms with van der Waals surface area (Å²) >= 11 is 0. The minimum absolute atomic E-state index is 0.238. The van der Waals surface area contributed by atoms with Crippen molar-refractivity contribution in [2.45, 2.75) is 33.0 Å². The van der Waals surface area contributed by atoms with Gasteiger partial charge in [0.05, 0.1) is 40.1 Å². The molecular weight excluding hydrogens is 408 g/mol. The minimum Gasteiger partial charge on any atom is -0.496 e. The number of aliphatic hydroxyl groups is 5. The lowest BCUT2D eigenvalue weighted by molar-refractivity contribution is 0.248. The van der Waals surface area contributed by atoms with Crippen LogP contribution in [0.5, 0.6) is 5.75 Å². The van der Waals surface area contributed by atoms with Gasteiger partial charge in [0.25, 0.3) is 0 Å². The van der Waals surface area contributed by atoms with Crippen LogP contribution in [0.15, 0.2) is 55.1 Å². The molecule has 6 nitrogen and oxygen atoms in total. The normalized spacial score (nSPS) is 10.9. The lowest BCUT2D eigenvalue weighted by Gasteiger charge is -2.16. The molecule has 6 heteroatoms. The van der Waals surface area contributed by atoms with Gasteiger partial charge >= 0.3 is 0 Å². The van der Waals surface area contributed by atoms with Gasteiger partial charge in [-0.15, -0.1) is 0 Å². The first kappa shape index (κ1) is 23.7. The summed E-state index contributed by atoms with van der Waals surface area (Å²) in [6.07, 6.45) is 0. The van der Waals surface area contributed by atoms with Gasteiger partial charge in [-0.3, -0.25) is 0 Å². The fraction of sp³-hybridized carbons (Fsp3) is 0.231. The maximum atomic E-state index is 9.73. The van der Waals surface area contributed by atoms with Gasteiger partial charge < -0.3 is 30.3 Å². The van der Waals surface area contributed by atoms with E-state index in [1.54, 1.807) is 24.3 Å². The van der Waals surface area contributed by atoms with Crippen molar-refractivity contribution >= 4 is 5.57 Å². The summed E-state index contributed by atoms with van der Waals surface area (Å²) in [7, 11) is 1.51. The van der Waals surface area contributed by atoms with Crippen LogP contribution in [0.1, 0.15) is 38.9 Å². The molecule has 0 aliphatic rings. The topological polar surface area (TPSA) is 110 Å². The van der Waals surface area contributed by atoms with Crippen LogP contribution < -0.4 is 4.74 Å². The summed E-state index contributed by atoms with van der Waals surface area (Å²) in [4.78, 5) is 0.